The predicted molar refractivity (Wildman–Crippen MR) is 98.8 cm³/mol. The highest BCUT2D eigenvalue weighted by Crippen LogP contribution is 2.36. The topological polar surface area (TPSA) is 65.4 Å². The molecule has 0 saturated heterocycles. The SMILES string of the molecule is Cc1c(Cl)c(C(F)(F)F)nn1-c1cccc(C(=O)Nc2ccc3c(c2)OCO3)c1. The van der Waals surface area contributed by atoms with Gasteiger partial charge in [0, 0.05) is 17.3 Å². The van der Waals surface area contributed by atoms with Crippen LogP contribution in [-0.2, 0) is 6.18 Å². The van der Waals surface area contributed by atoms with Gasteiger partial charge in [0.25, 0.3) is 5.91 Å². The Hall–Kier alpha value is -3.20. The van der Waals surface area contributed by atoms with Crippen LogP contribution >= 0.6 is 11.6 Å². The Morgan fingerprint density at radius 2 is 1.93 bits per heavy atom. The molecule has 1 aromatic heterocycles. The number of carbonyl (C=O) groups is 1. The van der Waals surface area contributed by atoms with Crippen molar-refractivity contribution in [1.82, 2.24) is 9.78 Å². The van der Waals surface area contributed by atoms with E-state index in [0.717, 1.165) is 4.68 Å². The minimum Gasteiger partial charge on any atom is -0.454 e. The summed E-state index contributed by atoms with van der Waals surface area (Å²) >= 11 is 5.80. The van der Waals surface area contributed by atoms with Crippen LogP contribution in [0.3, 0.4) is 0 Å². The van der Waals surface area contributed by atoms with E-state index in [4.69, 9.17) is 21.1 Å². The van der Waals surface area contributed by atoms with Gasteiger partial charge in [-0.1, -0.05) is 17.7 Å². The van der Waals surface area contributed by atoms with Crippen molar-refractivity contribution in [1.29, 1.82) is 0 Å². The van der Waals surface area contributed by atoms with Crippen molar-refractivity contribution in [3.05, 3.63) is 64.4 Å². The summed E-state index contributed by atoms with van der Waals surface area (Å²) in [6.07, 6.45) is -4.68. The third-order valence-corrected chi connectivity index (χ3v) is 4.75. The largest absolute Gasteiger partial charge is 0.454 e. The molecule has 2 aromatic carbocycles. The minimum atomic E-state index is -4.68. The van der Waals surface area contributed by atoms with Crippen LogP contribution in [0.4, 0.5) is 18.9 Å². The average molecular weight is 424 g/mol. The molecule has 0 fully saturated rings. The van der Waals surface area contributed by atoms with Crippen molar-refractivity contribution in [3.63, 3.8) is 0 Å². The number of hydrogen-bond donors (Lipinski definition) is 1. The second kappa shape index (κ2) is 7.00. The van der Waals surface area contributed by atoms with E-state index in [-0.39, 0.29) is 23.7 Å². The van der Waals surface area contributed by atoms with Gasteiger partial charge in [0.1, 0.15) is 0 Å². The molecule has 0 unspecified atom stereocenters. The molecule has 3 aromatic rings. The van der Waals surface area contributed by atoms with E-state index in [1.54, 1.807) is 24.3 Å². The van der Waals surface area contributed by atoms with Gasteiger partial charge in [0.05, 0.1) is 16.4 Å². The molecule has 0 atom stereocenters. The van der Waals surface area contributed by atoms with E-state index in [0.29, 0.717) is 17.2 Å². The average Bonchev–Trinajstić information content (AvgIpc) is 3.26. The number of carbonyl (C=O) groups excluding carboxylic acids is 1. The van der Waals surface area contributed by atoms with Crippen molar-refractivity contribution < 1.29 is 27.4 Å². The number of fused-ring (bicyclic) bond motifs is 1. The first-order valence-corrected chi connectivity index (χ1v) is 8.75. The van der Waals surface area contributed by atoms with Gasteiger partial charge in [-0.3, -0.25) is 4.79 Å². The first kappa shape index (κ1) is 19.1. The summed E-state index contributed by atoms with van der Waals surface area (Å²) in [6, 6.07) is 11.0. The minimum absolute atomic E-state index is 0.112. The van der Waals surface area contributed by atoms with Crippen molar-refractivity contribution in [2.24, 2.45) is 0 Å². The van der Waals surface area contributed by atoms with Crippen molar-refractivity contribution in [2.75, 3.05) is 12.1 Å². The van der Waals surface area contributed by atoms with Gasteiger partial charge < -0.3 is 14.8 Å². The normalized spacial score (nSPS) is 12.9. The number of benzene rings is 2. The molecule has 2 heterocycles. The molecule has 0 saturated carbocycles. The van der Waals surface area contributed by atoms with Crippen molar-refractivity contribution in [2.45, 2.75) is 13.1 Å². The van der Waals surface area contributed by atoms with Gasteiger partial charge in [-0.2, -0.15) is 18.3 Å². The highest BCUT2D eigenvalue weighted by atomic mass is 35.5. The predicted octanol–water partition coefficient (Wildman–Crippen LogP) is 4.83. The molecule has 10 heteroatoms. The molecule has 1 amide bonds. The van der Waals surface area contributed by atoms with E-state index < -0.39 is 22.8 Å². The third-order valence-electron chi connectivity index (χ3n) is 4.30. The van der Waals surface area contributed by atoms with Crippen LogP contribution in [0.1, 0.15) is 21.7 Å². The number of halogens is 4. The molecule has 1 aliphatic rings. The zero-order valence-electron chi connectivity index (χ0n) is 14.9. The summed E-state index contributed by atoms with van der Waals surface area (Å²) in [5.74, 6) is 0.646. The zero-order chi connectivity index (χ0) is 20.8. The first-order chi connectivity index (χ1) is 13.7. The fourth-order valence-corrected chi connectivity index (χ4v) is 3.10. The highest BCUT2D eigenvalue weighted by molar-refractivity contribution is 6.32. The number of nitrogens with zero attached hydrogens (tertiary/aromatic N) is 2. The van der Waals surface area contributed by atoms with E-state index in [1.165, 1.54) is 25.1 Å². The van der Waals surface area contributed by atoms with Crippen LogP contribution < -0.4 is 14.8 Å². The van der Waals surface area contributed by atoms with Crippen LogP contribution in [0.2, 0.25) is 5.02 Å². The number of hydrogen-bond acceptors (Lipinski definition) is 4. The third kappa shape index (κ3) is 3.61. The number of alkyl halides is 3. The number of nitrogens with one attached hydrogen (secondary N) is 1. The molecule has 1 N–H and O–H groups in total. The standard InChI is InChI=1S/C19H13ClF3N3O3/c1-10-16(20)17(19(21,22)23)25-26(10)13-4-2-3-11(7-13)18(27)24-12-5-6-14-15(8-12)29-9-28-14/h2-8H,9H2,1H3,(H,24,27). The molecule has 1 aliphatic heterocycles. The Kier molecular flexibility index (Phi) is 4.62. The van der Waals surface area contributed by atoms with E-state index in [9.17, 15) is 18.0 Å². The summed E-state index contributed by atoms with van der Waals surface area (Å²) in [4.78, 5) is 12.6. The number of aromatic nitrogens is 2. The summed E-state index contributed by atoms with van der Waals surface area (Å²) in [5, 5.41) is 5.81. The van der Waals surface area contributed by atoms with Crippen LogP contribution in [0.25, 0.3) is 5.69 Å². The highest BCUT2D eigenvalue weighted by Gasteiger charge is 2.38. The maximum absolute atomic E-state index is 13.1. The smallest absolute Gasteiger partial charge is 0.436 e. The van der Waals surface area contributed by atoms with Crippen molar-refractivity contribution >= 4 is 23.2 Å². The Bertz CT molecular complexity index is 1110. The number of anilines is 1. The molecule has 0 bridgehead atoms. The lowest BCUT2D eigenvalue weighted by molar-refractivity contribution is -0.141. The Balaban J connectivity index is 1.62. The number of amides is 1. The van der Waals surface area contributed by atoms with Crippen LogP contribution in [-0.4, -0.2) is 22.5 Å². The van der Waals surface area contributed by atoms with Gasteiger partial charge in [0.2, 0.25) is 6.79 Å². The molecule has 0 radical (unpaired) electrons. The van der Waals surface area contributed by atoms with Crippen LogP contribution in [0.5, 0.6) is 11.5 Å². The fourth-order valence-electron chi connectivity index (χ4n) is 2.87. The molecule has 29 heavy (non-hydrogen) atoms. The molecule has 0 spiro atoms. The maximum atomic E-state index is 13.1. The Labute approximate surface area is 167 Å². The van der Waals surface area contributed by atoms with Gasteiger partial charge in [0.15, 0.2) is 17.2 Å². The lowest BCUT2D eigenvalue weighted by Crippen LogP contribution is -2.13. The molecule has 4 rings (SSSR count). The van der Waals surface area contributed by atoms with Gasteiger partial charge >= 0.3 is 6.18 Å². The summed E-state index contributed by atoms with van der Waals surface area (Å²) in [5.41, 5.74) is -0.0560. The Morgan fingerprint density at radius 3 is 2.66 bits per heavy atom. The second-order valence-electron chi connectivity index (χ2n) is 6.23. The van der Waals surface area contributed by atoms with E-state index >= 15 is 0 Å². The number of ether oxygens (including phenoxy) is 2. The molecule has 150 valence electrons. The monoisotopic (exact) mass is 423 g/mol. The lowest BCUT2D eigenvalue weighted by atomic mass is 10.1. The van der Waals surface area contributed by atoms with Crippen molar-refractivity contribution in [3.8, 4) is 17.2 Å². The second-order valence-corrected chi connectivity index (χ2v) is 6.61. The lowest BCUT2D eigenvalue weighted by Gasteiger charge is -2.09. The Morgan fingerprint density at radius 1 is 1.17 bits per heavy atom. The molecule has 6 nitrogen and oxygen atoms in total. The van der Waals surface area contributed by atoms with Crippen LogP contribution in [0.15, 0.2) is 42.5 Å². The fraction of sp³-hybridized carbons (Fsp3) is 0.158. The van der Waals surface area contributed by atoms with Gasteiger partial charge in [-0.15, -0.1) is 0 Å². The summed E-state index contributed by atoms with van der Waals surface area (Å²) in [6.45, 7) is 1.53. The maximum Gasteiger partial charge on any atom is 0.436 e. The summed E-state index contributed by atoms with van der Waals surface area (Å²) in [7, 11) is 0. The molecular weight excluding hydrogens is 411 g/mol. The molecule has 0 aliphatic carbocycles. The summed E-state index contributed by atoms with van der Waals surface area (Å²) < 4.78 is 50.7. The van der Waals surface area contributed by atoms with Gasteiger partial charge in [-0.05, 0) is 37.3 Å². The first-order valence-electron chi connectivity index (χ1n) is 8.38. The quantitative estimate of drug-likeness (QED) is 0.655. The zero-order valence-corrected chi connectivity index (χ0v) is 15.6. The van der Waals surface area contributed by atoms with Crippen LogP contribution in [0, 0.1) is 6.92 Å². The number of rotatable bonds is 3. The molecular formula is C19H13ClF3N3O3. The van der Waals surface area contributed by atoms with E-state index in [1.807, 2.05) is 0 Å². The van der Waals surface area contributed by atoms with Gasteiger partial charge in [-0.25, -0.2) is 4.68 Å². The van der Waals surface area contributed by atoms with E-state index in [2.05, 4.69) is 10.4 Å².